The number of carboxylic acid groups (broad SMARTS) is 1. The molecule has 280 valence electrons. The number of benzene rings is 3. The number of aliphatic carboxylic acids is 1. The van der Waals surface area contributed by atoms with Crippen molar-refractivity contribution >= 4 is 17.4 Å². The molecule has 0 aromatic heterocycles. The van der Waals surface area contributed by atoms with E-state index < -0.39 is 5.97 Å². The van der Waals surface area contributed by atoms with Gasteiger partial charge in [-0.2, -0.15) is 0 Å². The van der Waals surface area contributed by atoms with Gasteiger partial charge in [-0.05, 0) is 145 Å². The van der Waals surface area contributed by atoms with Gasteiger partial charge in [0.1, 0.15) is 11.5 Å². The van der Waals surface area contributed by atoms with Gasteiger partial charge in [-0.3, -0.25) is 9.59 Å². The highest BCUT2D eigenvalue weighted by Gasteiger charge is 2.57. The fourth-order valence-corrected chi connectivity index (χ4v) is 10.4. The second-order valence-corrected chi connectivity index (χ2v) is 16.4. The molecule has 0 saturated heterocycles. The summed E-state index contributed by atoms with van der Waals surface area (Å²) in [5.74, 6) is 2.03. The lowest BCUT2D eigenvalue weighted by Gasteiger charge is -2.50. The minimum atomic E-state index is -0.932. The van der Waals surface area contributed by atoms with Crippen LogP contribution in [0.2, 0.25) is 0 Å². The van der Waals surface area contributed by atoms with E-state index in [0.29, 0.717) is 57.5 Å². The third kappa shape index (κ3) is 8.35. The van der Waals surface area contributed by atoms with E-state index in [-0.39, 0.29) is 23.7 Å². The number of aryl methyl sites for hydroxylation is 2. The fourth-order valence-electron chi connectivity index (χ4n) is 10.4. The minimum absolute atomic E-state index is 0.0456. The first kappa shape index (κ1) is 37.9. The van der Waals surface area contributed by atoms with E-state index >= 15 is 0 Å². The van der Waals surface area contributed by atoms with E-state index in [1.807, 2.05) is 18.2 Å². The number of aromatic hydroxyl groups is 1. The SMILES string of the molecule is COc1c(CCCCCCCCCCC[C@H]2C[C@H]3[C@@H]4CCc5cc(O)ccc5[C@H]4CC[C@]3(C)[C@H]2O)cc(CC(=O)O)cc1C(=O)c1ccc(N)cc1. The van der Waals surface area contributed by atoms with Gasteiger partial charge >= 0.3 is 5.97 Å². The predicted octanol–water partition coefficient (Wildman–Crippen LogP) is 9.43. The van der Waals surface area contributed by atoms with Crippen LogP contribution >= 0.6 is 0 Å². The first-order valence-electron chi connectivity index (χ1n) is 19.9. The molecule has 6 atom stereocenters. The zero-order chi connectivity index (χ0) is 36.8. The summed E-state index contributed by atoms with van der Waals surface area (Å²) in [5.41, 5.74) is 11.6. The Balaban J connectivity index is 0.901. The molecule has 0 bridgehead atoms. The number of ether oxygens (including phenoxy) is 1. The molecule has 5 N–H and O–H groups in total. The number of aliphatic hydroxyl groups is 1. The molecule has 3 aliphatic carbocycles. The number of ketones is 1. The maximum absolute atomic E-state index is 13.4. The van der Waals surface area contributed by atoms with Crippen LogP contribution in [0.25, 0.3) is 0 Å². The highest BCUT2D eigenvalue weighted by Crippen LogP contribution is 2.63. The second-order valence-electron chi connectivity index (χ2n) is 16.4. The van der Waals surface area contributed by atoms with Gasteiger partial charge in [0, 0.05) is 11.3 Å². The summed E-state index contributed by atoms with van der Waals surface area (Å²) in [7, 11) is 1.57. The van der Waals surface area contributed by atoms with Crippen molar-refractivity contribution in [2.24, 2.45) is 23.2 Å². The van der Waals surface area contributed by atoms with Crippen molar-refractivity contribution in [2.75, 3.05) is 12.8 Å². The minimum Gasteiger partial charge on any atom is -0.508 e. The van der Waals surface area contributed by atoms with E-state index in [0.717, 1.165) is 56.9 Å². The van der Waals surface area contributed by atoms with Gasteiger partial charge in [0.15, 0.2) is 5.78 Å². The topological polar surface area (TPSA) is 130 Å². The smallest absolute Gasteiger partial charge is 0.307 e. The number of rotatable bonds is 17. The Morgan fingerprint density at radius 1 is 0.904 bits per heavy atom. The molecule has 0 spiro atoms. The van der Waals surface area contributed by atoms with E-state index in [1.165, 1.54) is 62.5 Å². The predicted molar refractivity (Wildman–Crippen MR) is 206 cm³/mol. The lowest BCUT2D eigenvalue weighted by molar-refractivity contribution is -0.136. The number of hydrogen-bond acceptors (Lipinski definition) is 6. The molecule has 0 amide bonds. The maximum Gasteiger partial charge on any atom is 0.307 e. The number of anilines is 1. The average molecular weight is 710 g/mol. The zero-order valence-corrected chi connectivity index (χ0v) is 31.2. The first-order chi connectivity index (χ1) is 25.1. The van der Waals surface area contributed by atoms with E-state index in [1.54, 1.807) is 37.4 Å². The van der Waals surface area contributed by atoms with Crippen LogP contribution in [0.3, 0.4) is 0 Å². The van der Waals surface area contributed by atoms with Crippen LogP contribution < -0.4 is 10.5 Å². The number of carbonyl (C=O) groups excluding carboxylic acids is 1. The molecule has 0 unspecified atom stereocenters. The van der Waals surface area contributed by atoms with Crippen molar-refractivity contribution < 1.29 is 29.6 Å². The van der Waals surface area contributed by atoms with Gasteiger partial charge in [-0.15, -0.1) is 0 Å². The molecule has 3 aliphatic rings. The molecule has 3 aromatic rings. The van der Waals surface area contributed by atoms with Crippen molar-refractivity contribution in [3.63, 3.8) is 0 Å². The monoisotopic (exact) mass is 709 g/mol. The number of aliphatic hydroxyl groups excluding tert-OH is 1. The Morgan fingerprint density at radius 2 is 1.60 bits per heavy atom. The molecule has 7 nitrogen and oxygen atoms in total. The molecular formula is C45H59NO6. The van der Waals surface area contributed by atoms with Crippen molar-refractivity contribution in [2.45, 2.75) is 128 Å². The third-order valence-corrected chi connectivity index (χ3v) is 13.1. The summed E-state index contributed by atoms with van der Waals surface area (Å²) in [5, 5.41) is 31.0. The van der Waals surface area contributed by atoms with Crippen molar-refractivity contribution in [1.82, 2.24) is 0 Å². The zero-order valence-electron chi connectivity index (χ0n) is 31.2. The molecule has 3 aromatic carbocycles. The summed E-state index contributed by atoms with van der Waals surface area (Å²) in [4.78, 5) is 25.0. The number of phenolic OH excluding ortho intramolecular Hbond substituents is 1. The van der Waals surface area contributed by atoms with Gasteiger partial charge in [0.25, 0.3) is 0 Å². The lowest BCUT2D eigenvalue weighted by Crippen LogP contribution is -2.44. The number of carboxylic acids is 1. The molecule has 52 heavy (non-hydrogen) atoms. The number of methoxy groups -OCH3 is 1. The second kappa shape index (κ2) is 16.9. The van der Waals surface area contributed by atoms with Crippen LogP contribution in [0.1, 0.15) is 141 Å². The molecule has 6 rings (SSSR count). The van der Waals surface area contributed by atoms with E-state index in [4.69, 9.17) is 10.5 Å². The number of fused-ring (bicyclic) bond motifs is 5. The van der Waals surface area contributed by atoms with E-state index in [2.05, 4.69) is 13.0 Å². The first-order valence-corrected chi connectivity index (χ1v) is 19.9. The number of nitrogens with two attached hydrogens (primary N) is 1. The van der Waals surface area contributed by atoms with Crippen LogP contribution in [-0.2, 0) is 24.1 Å². The van der Waals surface area contributed by atoms with Crippen LogP contribution in [0.15, 0.2) is 54.6 Å². The van der Waals surface area contributed by atoms with Crippen LogP contribution in [-0.4, -0.2) is 40.3 Å². The highest BCUT2D eigenvalue weighted by atomic mass is 16.5. The lowest BCUT2D eigenvalue weighted by atomic mass is 9.55. The van der Waals surface area contributed by atoms with E-state index in [9.17, 15) is 24.9 Å². The third-order valence-electron chi connectivity index (χ3n) is 13.1. The molecule has 7 heteroatoms. The molecular weight excluding hydrogens is 650 g/mol. The Labute approximate surface area is 310 Å². The normalized spacial score (nSPS) is 24.9. The molecule has 2 saturated carbocycles. The van der Waals surface area contributed by atoms with Crippen LogP contribution in [0.5, 0.6) is 11.5 Å². The number of phenols is 1. The Morgan fingerprint density at radius 3 is 2.29 bits per heavy atom. The Hall–Kier alpha value is -3.84. The fraction of sp³-hybridized carbons (Fsp3) is 0.556. The van der Waals surface area contributed by atoms with Gasteiger partial charge in [-0.1, -0.05) is 70.4 Å². The Kier molecular flexibility index (Phi) is 12.3. The van der Waals surface area contributed by atoms with Gasteiger partial charge in [-0.25, -0.2) is 0 Å². The molecule has 2 fully saturated rings. The summed E-state index contributed by atoms with van der Waals surface area (Å²) in [6.45, 7) is 2.37. The summed E-state index contributed by atoms with van der Waals surface area (Å²) >= 11 is 0. The molecule has 0 heterocycles. The van der Waals surface area contributed by atoms with Crippen molar-refractivity contribution in [3.8, 4) is 11.5 Å². The summed E-state index contributed by atoms with van der Waals surface area (Å²) in [6.07, 6.45) is 17.7. The maximum atomic E-state index is 13.4. The largest absolute Gasteiger partial charge is 0.508 e. The molecule has 0 aliphatic heterocycles. The number of nitrogen functional groups attached to an aromatic ring is 1. The highest BCUT2D eigenvalue weighted by molar-refractivity contribution is 6.11. The van der Waals surface area contributed by atoms with Gasteiger partial charge in [0.05, 0.1) is 25.2 Å². The number of unbranched alkanes of at least 4 members (excludes halogenated alkanes) is 8. The van der Waals surface area contributed by atoms with Crippen LogP contribution in [0.4, 0.5) is 5.69 Å². The number of hydrogen-bond donors (Lipinski definition) is 4. The Bertz CT molecular complexity index is 1700. The standard InChI is InChI=1S/C45H59NO6/c1-45-23-22-37-36-21-19-35(47)27-31(36)16-20-38(37)40(45)28-33(44(45)51)13-11-9-7-5-3-4-6-8-10-12-32-24-29(26-41(48)49)25-39(43(32)52-2)42(50)30-14-17-34(46)18-15-30/h14-15,17-19,21,24-25,27,33,37-38,40,44,47,51H,3-13,16,20,22-23,26,28,46H2,1-2H3,(H,48,49)/t33-,37+,38+,40-,44-,45-/m0/s1. The van der Waals surface area contributed by atoms with Gasteiger partial charge in [0.2, 0.25) is 0 Å². The number of carbonyl (C=O) groups is 2. The summed E-state index contributed by atoms with van der Waals surface area (Å²) in [6, 6.07) is 16.3. The van der Waals surface area contributed by atoms with Crippen molar-refractivity contribution in [3.05, 3.63) is 88.0 Å². The summed E-state index contributed by atoms with van der Waals surface area (Å²) < 4.78 is 5.74. The van der Waals surface area contributed by atoms with Crippen LogP contribution in [0, 0.1) is 23.2 Å². The quantitative estimate of drug-likeness (QED) is 0.0624. The average Bonchev–Trinajstić information content (AvgIpc) is 3.38. The molecule has 0 radical (unpaired) electrons. The van der Waals surface area contributed by atoms with Gasteiger partial charge < -0.3 is 25.8 Å². The van der Waals surface area contributed by atoms with Crippen molar-refractivity contribution in [1.29, 1.82) is 0 Å².